The largest absolute Gasteiger partial charge is 0.207 e. The van der Waals surface area contributed by atoms with Crippen molar-refractivity contribution in [3.8, 4) is 0 Å². The average Bonchev–Trinajstić information content (AvgIpc) is 2.64. The molecule has 0 spiro atoms. The van der Waals surface area contributed by atoms with Crippen LogP contribution in [-0.4, -0.2) is 0 Å². The van der Waals surface area contributed by atoms with Crippen LogP contribution < -0.4 is 0 Å². The zero-order chi connectivity index (χ0) is 19.4. The fourth-order valence-corrected chi connectivity index (χ4v) is 3.61. The number of hydrogen-bond donors (Lipinski definition) is 0. The molecular formula is C22H18BrF2NO. The van der Waals surface area contributed by atoms with E-state index in [-0.39, 0.29) is 11.5 Å². The van der Waals surface area contributed by atoms with Gasteiger partial charge in [-0.15, -0.1) is 0 Å². The molecule has 3 aromatic rings. The summed E-state index contributed by atoms with van der Waals surface area (Å²) >= 11 is 3.43. The Bertz CT molecular complexity index is 923. The maximum absolute atomic E-state index is 13.6. The van der Waals surface area contributed by atoms with E-state index in [2.05, 4.69) is 21.1 Å². The lowest BCUT2D eigenvalue weighted by molar-refractivity contribution is 0.555. The Kier molecular flexibility index (Phi) is 6.11. The van der Waals surface area contributed by atoms with Crippen molar-refractivity contribution in [2.75, 3.05) is 0 Å². The van der Waals surface area contributed by atoms with Crippen LogP contribution in [0.4, 0.5) is 8.78 Å². The van der Waals surface area contributed by atoms with Gasteiger partial charge >= 0.3 is 0 Å². The molecule has 27 heavy (non-hydrogen) atoms. The van der Waals surface area contributed by atoms with Gasteiger partial charge in [0.1, 0.15) is 17.7 Å². The number of aryl methyl sites for hydroxylation is 1. The fourth-order valence-electron chi connectivity index (χ4n) is 3.35. The van der Waals surface area contributed by atoms with Crippen LogP contribution in [0.5, 0.6) is 0 Å². The summed E-state index contributed by atoms with van der Waals surface area (Å²) in [5.41, 5.74) is 3.40. The number of halogens is 3. The topological polar surface area (TPSA) is 29.4 Å². The molecule has 3 aromatic carbocycles. The molecule has 2 atom stereocenters. The van der Waals surface area contributed by atoms with Gasteiger partial charge in [-0.3, -0.25) is 0 Å². The number of hydrogen-bond acceptors (Lipinski definition) is 2. The second kappa shape index (κ2) is 8.53. The Balaban J connectivity index is 2.03. The van der Waals surface area contributed by atoms with Gasteiger partial charge in [-0.25, -0.2) is 8.78 Å². The van der Waals surface area contributed by atoms with Crippen molar-refractivity contribution in [3.05, 3.63) is 110 Å². The molecule has 3 rings (SSSR count). The van der Waals surface area contributed by atoms with Crippen LogP contribution in [0.15, 0.2) is 76.4 Å². The highest BCUT2D eigenvalue weighted by Gasteiger charge is 2.24. The first kappa shape index (κ1) is 19.4. The minimum Gasteiger partial charge on any atom is -0.207 e. The summed E-state index contributed by atoms with van der Waals surface area (Å²) in [6.07, 6.45) is 0.318. The highest BCUT2D eigenvalue weighted by atomic mass is 79.9. The first-order chi connectivity index (χ1) is 13.0. The maximum atomic E-state index is 13.6. The summed E-state index contributed by atoms with van der Waals surface area (Å²) in [6, 6.07) is 18.0. The summed E-state index contributed by atoms with van der Waals surface area (Å²) in [5, 5.41) is 3.19. The smallest absolute Gasteiger partial charge is 0.126 e. The third-order valence-electron chi connectivity index (χ3n) is 4.69. The lowest BCUT2D eigenvalue weighted by Gasteiger charge is -2.23. The summed E-state index contributed by atoms with van der Waals surface area (Å²) in [5.74, 6) is -1.56. The number of nitroso groups, excluding NO2 is 1. The first-order valence-corrected chi connectivity index (χ1v) is 9.36. The lowest BCUT2D eigenvalue weighted by atomic mass is 9.82. The third-order valence-corrected chi connectivity index (χ3v) is 5.22. The van der Waals surface area contributed by atoms with Gasteiger partial charge in [0.2, 0.25) is 0 Å². The summed E-state index contributed by atoms with van der Waals surface area (Å²) < 4.78 is 28.2. The highest BCUT2D eigenvalue weighted by Crippen LogP contribution is 2.37. The van der Waals surface area contributed by atoms with E-state index in [1.807, 2.05) is 55.5 Å². The Morgan fingerprint density at radius 1 is 0.926 bits per heavy atom. The minimum absolute atomic E-state index is 0.131. The van der Waals surface area contributed by atoms with Crippen LogP contribution in [0.2, 0.25) is 0 Å². The monoisotopic (exact) mass is 429 g/mol. The molecule has 0 saturated heterocycles. The van der Waals surface area contributed by atoms with Crippen LogP contribution in [-0.2, 0) is 0 Å². The Morgan fingerprint density at radius 2 is 1.56 bits per heavy atom. The predicted octanol–water partition coefficient (Wildman–Crippen LogP) is 7.07. The van der Waals surface area contributed by atoms with E-state index >= 15 is 0 Å². The molecule has 0 heterocycles. The van der Waals surface area contributed by atoms with E-state index in [0.29, 0.717) is 6.42 Å². The Morgan fingerprint density at radius 3 is 2.15 bits per heavy atom. The van der Waals surface area contributed by atoms with E-state index in [9.17, 15) is 13.7 Å². The number of benzene rings is 3. The van der Waals surface area contributed by atoms with Gasteiger partial charge in [0.25, 0.3) is 0 Å². The third kappa shape index (κ3) is 4.66. The van der Waals surface area contributed by atoms with Crippen LogP contribution >= 0.6 is 15.9 Å². The first-order valence-electron chi connectivity index (χ1n) is 8.57. The fraction of sp³-hybridized carbons (Fsp3) is 0.182. The predicted molar refractivity (Wildman–Crippen MR) is 107 cm³/mol. The molecule has 0 amide bonds. The van der Waals surface area contributed by atoms with Crippen molar-refractivity contribution in [2.45, 2.75) is 25.3 Å². The molecule has 0 aliphatic heterocycles. The van der Waals surface area contributed by atoms with Crippen LogP contribution in [0, 0.1) is 23.5 Å². The number of rotatable bonds is 6. The normalized spacial score (nSPS) is 13.2. The molecule has 0 N–H and O–H groups in total. The van der Waals surface area contributed by atoms with Crippen molar-refractivity contribution >= 4 is 15.9 Å². The molecular weight excluding hydrogens is 412 g/mol. The second-order valence-corrected chi connectivity index (χ2v) is 7.44. The zero-order valence-electron chi connectivity index (χ0n) is 14.7. The standard InChI is InChI=1S/C22H18BrF2NO/c1-14-4-2-3-5-20(14)21(15-6-8-17(23)9-7-15)13-22(26-27)16-10-18(24)12-19(25)11-16/h2-12,21-22H,13H2,1H3. The number of nitrogens with zero attached hydrogens (tertiary/aromatic N) is 1. The molecule has 0 aromatic heterocycles. The van der Waals surface area contributed by atoms with E-state index < -0.39 is 17.7 Å². The molecule has 0 aliphatic rings. The molecule has 2 unspecified atom stereocenters. The van der Waals surface area contributed by atoms with Gasteiger partial charge in [-0.2, -0.15) is 4.91 Å². The van der Waals surface area contributed by atoms with E-state index in [1.54, 1.807) is 0 Å². The van der Waals surface area contributed by atoms with Crippen LogP contribution in [0.1, 0.15) is 40.6 Å². The second-order valence-electron chi connectivity index (χ2n) is 6.52. The van der Waals surface area contributed by atoms with Crippen molar-refractivity contribution in [1.29, 1.82) is 0 Å². The highest BCUT2D eigenvalue weighted by molar-refractivity contribution is 9.10. The van der Waals surface area contributed by atoms with Gasteiger partial charge in [0, 0.05) is 16.5 Å². The average molecular weight is 430 g/mol. The van der Waals surface area contributed by atoms with Crippen molar-refractivity contribution in [2.24, 2.45) is 5.18 Å². The van der Waals surface area contributed by atoms with Gasteiger partial charge in [-0.05, 0) is 59.9 Å². The van der Waals surface area contributed by atoms with Crippen LogP contribution in [0.3, 0.4) is 0 Å². The minimum atomic E-state index is -0.858. The van der Waals surface area contributed by atoms with E-state index in [0.717, 1.165) is 27.2 Å². The van der Waals surface area contributed by atoms with Gasteiger partial charge in [0.15, 0.2) is 0 Å². The maximum Gasteiger partial charge on any atom is 0.126 e. The quantitative estimate of drug-likeness (QED) is 0.385. The molecule has 0 radical (unpaired) electrons. The van der Waals surface area contributed by atoms with Crippen LogP contribution in [0.25, 0.3) is 0 Å². The molecule has 0 fully saturated rings. The molecule has 0 bridgehead atoms. The molecule has 0 aliphatic carbocycles. The SMILES string of the molecule is Cc1ccccc1C(CC(N=O)c1cc(F)cc(F)c1)c1ccc(Br)cc1. The summed E-state index contributed by atoms with van der Waals surface area (Å²) in [6.45, 7) is 2.01. The molecule has 2 nitrogen and oxygen atoms in total. The van der Waals surface area contributed by atoms with Crippen molar-refractivity contribution in [3.63, 3.8) is 0 Å². The Hall–Kier alpha value is -2.40. The van der Waals surface area contributed by atoms with Gasteiger partial charge < -0.3 is 0 Å². The van der Waals surface area contributed by atoms with Crippen molar-refractivity contribution in [1.82, 2.24) is 0 Å². The Labute approximate surface area is 165 Å². The lowest BCUT2D eigenvalue weighted by Crippen LogP contribution is -2.09. The van der Waals surface area contributed by atoms with E-state index in [4.69, 9.17) is 0 Å². The molecule has 0 saturated carbocycles. The molecule has 5 heteroatoms. The summed E-state index contributed by atoms with van der Waals surface area (Å²) in [7, 11) is 0. The zero-order valence-corrected chi connectivity index (χ0v) is 16.3. The van der Waals surface area contributed by atoms with Gasteiger partial charge in [0.05, 0.1) is 0 Å². The molecule has 138 valence electrons. The van der Waals surface area contributed by atoms with Gasteiger partial charge in [-0.1, -0.05) is 57.5 Å². The van der Waals surface area contributed by atoms with Crippen molar-refractivity contribution < 1.29 is 8.78 Å². The van der Waals surface area contributed by atoms with E-state index in [1.165, 1.54) is 12.1 Å². The summed E-state index contributed by atoms with van der Waals surface area (Å²) in [4.78, 5) is 11.6.